The minimum Gasteiger partial charge on any atom is -0.489 e. The van der Waals surface area contributed by atoms with Crippen molar-refractivity contribution >= 4 is 23.2 Å². The molecule has 0 radical (unpaired) electrons. The largest absolute Gasteiger partial charge is 0.489 e. The van der Waals surface area contributed by atoms with Gasteiger partial charge in [0.15, 0.2) is 0 Å². The van der Waals surface area contributed by atoms with Crippen LogP contribution in [0.4, 0.5) is 0 Å². The summed E-state index contributed by atoms with van der Waals surface area (Å²) in [5.41, 5.74) is 0.0719. The Morgan fingerprint density at radius 3 is 2.05 bits per heavy atom. The normalized spacial score (nSPS) is 13.7. The van der Waals surface area contributed by atoms with E-state index in [1.165, 1.54) is 0 Å². The van der Waals surface area contributed by atoms with Crippen LogP contribution in [0.5, 0.6) is 5.75 Å². The first-order valence-corrected chi connectivity index (χ1v) is 7.31. The van der Waals surface area contributed by atoms with Crippen molar-refractivity contribution in [1.29, 1.82) is 0 Å². The lowest BCUT2D eigenvalue weighted by Gasteiger charge is -2.28. The van der Waals surface area contributed by atoms with Gasteiger partial charge in [-0.05, 0) is 44.9 Å². The van der Waals surface area contributed by atoms with Crippen LogP contribution >= 0.6 is 23.2 Å². The molecule has 0 aliphatic carbocycles. The lowest BCUT2D eigenvalue weighted by Crippen LogP contribution is -2.44. The number of halogens is 2. The van der Waals surface area contributed by atoms with Gasteiger partial charge in [0.1, 0.15) is 11.9 Å². The van der Waals surface area contributed by atoms with Crippen molar-refractivity contribution < 1.29 is 4.74 Å². The van der Waals surface area contributed by atoms with Crippen molar-refractivity contribution in [3.63, 3.8) is 0 Å². The molecule has 1 aromatic carbocycles. The Morgan fingerprint density at radius 1 is 1.11 bits per heavy atom. The molecule has 0 saturated heterocycles. The van der Waals surface area contributed by atoms with Crippen molar-refractivity contribution in [3.8, 4) is 5.75 Å². The van der Waals surface area contributed by atoms with Gasteiger partial charge in [-0.1, -0.05) is 37.0 Å². The minimum atomic E-state index is 0.0719. The van der Waals surface area contributed by atoms with Crippen molar-refractivity contribution in [1.82, 2.24) is 5.32 Å². The van der Waals surface area contributed by atoms with Gasteiger partial charge < -0.3 is 10.1 Å². The fourth-order valence-corrected chi connectivity index (χ4v) is 2.10. The first-order chi connectivity index (χ1) is 8.67. The van der Waals surface area contributed by atoms with Gasteiger partial charge in [0, 0.05) is 22.1 Å². The molecule has 0 saturated carbocycles. The van der Waals surface area contributed by atoms with E-state index in [1.807, 2.05) is 0 Å². The van der Waals surface area contributed by atoms with Gasteiger partial charge in [-0.15, -0.1) is 0 Å². The van der Waals surface area contributed by atoms with E-state index in [4.69, 9.17) is 27.9 Å². The van der Waals surface area contributed by atoms with E-state index >= 15 is 0 Å². The molecule has 2 nitrogen and oxygen atoms in total. The highest BCUT2D eigenvalue weighted by Gasteiger charge is 2.19. The van der Waals surface area contributed by atoms with Crippen LogP contribution in [0.1, 0.15) is 34.6 Å². The maximum absolute atomic E-state index is 6.00. The molecule has 4 heteroatoms. The molecule has 108 valence electrons. The third-order valence-electron chi connectivity index (χ3n) is 2.70. The van der Waals surface area contributed by atoms with Crippen LogP contribution in [0.25, 0.3) is 0 Å². The topological polar surface area (TPSA) is 21.3 Å². The average Bonchev–Trinajstić information content (AvgIpc) is 2.20. The van der Waals surface area contributed by atoms with Gasteiger partial charge in [0.25, 0.3) is 0 Å². The molecule has 0 aromatic heterocycles. The van der Waals surface area contributed by atoms with E-state index < -0.39 is 0 Å². The molecule has 0 fully saturated rings. The van der Waals surface area contributed by atoms with Gasteiger partial charge in [-0.2, -0.15) is 0 Å². The van der Waals surface area contributed by atoms with Gasteiger partial charge in [-0.25, -0.2) is 0 Å². The second-order valence-corrected chi connectivity index (χ2v) is 7.01. The average molecular weight is 304 g/mol. The van der Waals surface area contributed by atoms with E-state index in [0.717, 1.165) is 6.54 Å². The summed E-state index contributed by atoms with van der Waals surface area (Å²) in [5, 5.41) is 4.64. The summed E-state index contributed by atoms with van der Waals surface area (Å²) in [6.45, 7) is 11.5. The molecule has 1 atom stereocenters. The maximum atomic E-state index is 6.00. The van der Waals surface area contributed by atoms with Gasteiger partial charge in [0.2, 0.25) is 0 Å². The predicted molar refractivity (Wildman–Crippen MR) is 83.5 cm³/mol. The van der Waals surface area contributed by atoms with Crippen molar-refractivity contribution in [2.24, 2.45) is 5.92 Å². The molecule has 0 heterocycles. The lowest BCUT2D eigenvalue weighted by atomic mass is 10.0. The number of nitrogens with one attached hydrogen (secondary N) is 1. The van der Waals surface area contributed by atoms with Crippen molar-refractivity contribution in [2.45, 2.75) is 46.3 Å². The molecule has 1 unspecified atom stereocenters. The third-order valence-corrected chi connectivity index (χ3v) is 3.14. The molecule has 0 amide bonds. The monoisotopic (exact) mass is 303 g/mol. The number of hydrogen-bond donors (Lipinski definition) is 1. The summed E-state index contributed by atoms with van der Waals surface area (Å²) in [4.78, 5) is 0. The third kappa shape index (κ3) is 6.51. The van der Waals surface area contributed by atoms with Crippen LogP contribution in [0.15, 0.2) is 18.2 Å². The minimum absolute atomic E-state index is 0.0719. The molecule has 1 aromatic rings. The van der Waals surface area contributed by atoms with Gasteiger partial charge in [0.05, 0.1) is 0 Å². The molecular formula is C15H23Cl2NO. The highest BCUT2D eigenvalue weighted by atomic mass is 35.5. The number of hydrogen-bond acceptors (Lipinski definition) is 2. The van der Waals surface area contributed by atoms with Crippen molar-refractivity contribution in [2.75, 3.05) is 6.54 Å². The Bertz CT molecular complexity index is 393. The fourth-order valence-electron chi connectivity index (χ4n) is 1.59. The summed E-state index contributed by atoms with van der Waals surface area (Å²) < 4.78 is 6.00. The molecule has 19 heavy (non-hydrogen) atoms. The summed E-state index contributed by atoms with van der Waals surface area (Å²) in [7, 11) is 0. The fraction of sp³-hybridized carbons (Fsp3) is 0.600. The Kier molecular flexibility index (Phi) is 5.97. The van der Waals surface area contributed by atoms with Crippen LogP contribution in [-0.2, 0) is 0 Å². The Hall–Kier alpha value is -0.440. The van der Waals surface area contributed by atoms with E-state index in [9.17, 15) is 0 Å². The molecular weight excluding hydrogens is 281 g/mol. The van der Waals surface area contributed by atoms with Gasteiger partial charge in [-0.3, -0.25) is 0 Å². The van der Waals surface area contributed by atoms with E-state index in [2.05, 4.69) is 39.9 Å². The van der Waals surface area contributed by atoms with Crippen LogP contribution in [0.2, 0.25) is 10.0 Å². The second-order valence-electron chi connectivity index (χ2n) is 6.14. The second kappa shape index (κ2) is 6.83. The van der Waals surface area contributed by atoms with Gasteiger partial charge >= 0.3 is 0 Å². The number of rotatable bonds is 5. The van der Waals surface area contributed by atoms with E-state index in [0.29, 0.717) is 21.7 Å². The van der Waals surface area contributed by atoms with E-state index in [1.54, 1.807) is 18.2 Å². The zero-order valence-electron chi connectivity index (χ0n) is 12.3. The lowest BCUT2D eigenvalue weighted by molar-refractivity contribution is 0.140. The SMILES string of the molecule is CC(C)C(CNC(C)(C)C)Oc1cc(Cl)cc(Cl)c1. The molecule has 0 aliphatic rings. The molecule has 1 rings (SSSR count). The number of benzene rings is 1. The Labute approximate surface area is 126 Å². The number of ether oxygens (including phenoxy) is 1. The van der Waals surface area contributed by atoms with Crippen LogP contribution < -0.4 is 10.1 Å². The Morgan fingerprint density at radius 2 is 1.63 bits per heavy atom. The zero-order valence-corrected chi connectivity index (χ0v) is 13.8. The molecule has 0 bridgehead atoms. The smallest absolute Gasteiger partial charge is 0.122 e. The zero-order chi connectivity index (χ0) is 14.6. The maximum Gasteiger partial charge on any atom is 0.122 e. The van der Waals surface area contributed by atoms with Crippen LogP contribution in [-0.4, -0.2) is 18.2 Å². The summed E-state index contributed by atoms with van der Waals surface area (Å²) in [6, 6.07) is 5.29. The predicted octanol–water partition coefficient (Wildman–Crippen LogP) is 4.78. The quantitative estimate of drug-likeness (QED) is 0.845. The summed E-state index contributed by atoms with van der Waals surface area (Å²) in [6.07, 6.45) is 0.0776. The first kappa shape index (κ1) is 16.6. The molecule has 1 N–H and O–H groups in total. The highest BCUT2D eigenvalue weighted by molar-refractivity contribution is 6.34. The highest BCUT2D eigenvalue weighted by Crippen LogP contribution is 2.26. The summed E-state index contributed by atoms with van der Waals surface area (Å²) in [5.74, 6) is 1.11. The van der Waals surface area contributed by atoms with Crippen LogP contribution in [0.3, 0.4) is 0 Å². The molecule has 0 aliphatic heterocycles. The Balaban J connectivity index is 2.72. The van der Waals surface area contributed by atoms with Crippen molar-refractivity contribution in [3.05, 3.63) is 28.2 Å². The molecule has 0 spiro atoms. The summed E-state index contributed by atoms with van der Waals surface area (Å²) >= 11 is 12.0. The van der Waals surface area contributed by atoms with Crippen LogP contribution in [0, 0.1) is 5.92 Å². The van der Waals surface area contributed by atoms with E-state index in [-0.39, 0.29) is 11.6 Å². The first-order valence-electron chi connectivity index (χ1n) is 6.55. The standard InChI is InChI=1S/C15H23Cl2NO/c1-10(2)14(9-18-15(3,4)5)19-13-7-11(16)6-12(17)8-13/h6-8,10,14,18H,9H2,1-5H3.